The third-order valence-electron chi connectivity index (χ3n) is 4.49. The maximum Gasteiger partial charge on any atom is -0.0378 e. The maximum atomic E-state index is 2.54. The number of hydrogen-bond acceptors (Lipinski definition) is 0. The molecule has 5 atom stereocenters. The van der Waals surface area contributed by atoms with Gasteiger partial charge in [-0.25, -0.2) is 0 Å². The first-order valence-electron chi connectivity index (χ1n) is 5.45. The monoisotopic (exact) mass is 165 g/mol. The molecule has 0 N–H and O–H groups in total. The van der Waals surface area contributed by atoms with Crippen LogP contribution in [-0.4, -0.2) is 0 Å². The van der Waals surface area contributed by atoms with Crippen LogP contribution in [0.15, 0.2) is 0 Å². The SMILES string of the molecule is CCC(C)C1CC1C1(C)[CH-]C1C. The van der Waals surface area contributed by atoms with Crippen LogP contribution in [0.4, 0.5) is 0 Å². The largest absolute Gasteiger partial charge is 0.324 e. The molecule has 0 nitrogen and oxygen atoms in total. The summed E-state index contributed by atoms with van der Waals surface area (Å²) in [5.41, 5.74) is 0.647. The highest BCUT2D eigenvalue weighted by molar-refractivity contribution is 5.22. The zero-order valence-corrected chi connectivity index (χ0v) is 8.80. The van der Waals surface area contributed by atoms with Crippen LogP contribution in [0.25, 0.3) is 0 Å². The van der Waals surface area contributed by atoms with E-state index in [1.54, 1.807) is 0 Å². The Morgan fingerprint density at radius 1 is 1.58 bits per heavy atom. The first-order chi connectivity index (χ1) is 5.59. The maximum absolute atomic E-state index is 2.54. The van der Waals surface area contributed by atoms with Crippen molar-refractivity contribution in [1.82, 2.24) is 0 Å². The minimum atomic E-state index is 0.647. The molecular formula is C12H21-. The zero-order valence-electron chi connectivity index (χ0n) is 8.80. The predicted molar refractivity (Wildman–Crippen MR) is 52.6 cm³/mol. The van der Waals surface area contributed by atoms with Crippen molar-refractivity contribution in [2.75, 3.05) is 0 Å². The molecule has 12 heavy (non-hydrogen) atoms. The Kier molecular flexibility index (Phi) is 1.79. The molecule has 0 aliphatic heterocycles. The molecule has 0 amide bonds. The molecule has 70 valence electrons. The van der Waals surface area contributed by atoms with Crippen molar-refractivity contribution in [3.05, 3.63) is 6.42 Å². The van der Waals surface area contributed by atoms with Crippen molar-refractivity contribution in [1.29, 1.82) is 0 Å². The summed E-state index contributed by atoms with van der Waals surface area (Å²) in [4.78, 5) is 0. The van der Waals surface area contributed by atoms with Gasteiger partial charge in [0.25, 0.3) is 0 Å². The van der Waals surface area contributed by atoms with Crippen LogP contribution in [0.2, 0.25) is 0 Å². The first-order valence-corrected chi connectivity index (χ1v) is 5.45. The lowest BCUT2D eigenvalue weighted by Crippen LogP contribution is -2.06. The van der Waals surface area contributed by atoms with Gasteiger partial charge >= 0.3 is 0 Å². The van der Waals surface area contributed by atoms with Crippen LogP contribution >= 0.6 is 0 Å². The summed E-state index contributed by atoms with van der Waals surface area (Å²) >= 11 is 0. The summed E-state index contributed by atoms with van der Waals surface area (Å²) < 4.78 is 0. The van der Waals surface area contributed by atoms with Crippen molar-refractivity contribution in [3.63, 3.8) is 0 Å². The van der Waals surface area contributed by atoms with E-state index in [2.05, 4.69) is 34.1 Å². The molecule has 0 aromatic carbocycles. The van der Waals surface area contributed by atoms with Gasteiger partial charge in [0.2, 0.25) is 0 Å². The highest BCUT2D eigenvalue weighted by atomic mass is 14.7. The van der Waals surface area contributed by atoms with Gasteiger partial charge in [-0.1, -0.05) is 40.0 Å². The van der Waals surface area contributed by atoms with E-state index >= 15 is 0 Å². The van der Waals surface area contributed by atoms with E-state index < -0.39 is 0 Å². The molecule has 0 bridgehead atoms. The molecular weight excluding hydrogens is 144 g/mol. The van der Waals surface area contributed by atoms with Gasteiger partial charge in [0.1, 0.15) is 0 Å². The molecule has 0 heteroatoms. The Labute approximate surface area is 76.7 Å². The lowest BCUT2D eigenvalue weighted by atomic mass is 9.93. The fraction of sp³-hybridized carbons (Fsp3) is 0.917. The molecule has 0 aromatic heterocycles. The molecule has 2 saturated carbocycles. The van der Waals surface area contributed by atoms with Crippen LogP contribution < -0.4 is 0 Å². The van der Waals surface area contributed by atoms with Crippen molar-refractivity contribution in [2.45, 2.75) is 40.5 Å². The summed E-state index contributed by atoms with van der Waals surface area (Å²) in [6, 6.07) is 0. The van der Waals surface area contributed by atoms with Gasteiger partial charge in [-0.3, -0.25) is 0 Å². The van der Waals surface area contributed by atoms with Gasteiger partial charge < -0.3 is 6.42 Å². The van der Waals surface area contributed by atoms with Gasteiger partial charge in [-0.2, -0.15) is 11.3 Å². The van der Waals surface area contributed by atoms with E-state index in [-0.39, 0.29) is 0 Å². The standard InChI is InChI=1S/C12H21/c1-5-8(2)10-6-11(10)12(4)7-9(12)3/h7-11H,5-6H2,1-4H3/q-1. The lowest BCUT2D eigenvalue weighted by molar-refractivity contribution is 0.373. The zero-order chi connectivity index (χ0) is 8.93. The van der Waals surface area contributed by atoms with Crippen LogP contribution in [0.5, 0.6) is 0 Å². The molecule has 0 spiro atoms. The minimum absolute atomic E-state index is 0.647. The number of rotatable bonds is 3. The predicted octanol–water partition coefficient (Wildman–Crippen LogP) is 3.53. The third-order valence-corrected chi connectivity index (χ3v) is 4.49. The van der Waals surface area contributed by atoms with Crippen molar-refractivity contribution in [2.24, 2.45) is 29.1 Å². The summed E-state index contributed by atoms with van der Waals surface area (Å²) in [6.45, 7) is 9.56. The van der Waals surface area contributed by atoms with Gasteiger partial charge in [0.15, 0.2) is 0 Å². The molecule has 2 aliphatic rings. The average molecular weight is 165 g/mol. The van der Waals surface area contributed by atoms with Gasteiger partial charge in [-0.15, -0.1) is 0 Å². The molecule has 0 saturated heterocycles. The molecule has 0 heterocycles. The summed E-state index contributed by atoms with van der Waals surface area (Å²) in [5, 5.41) is 0. The lowest BCUT2D eigenvalue weighted by Gasteiger charge is -2.19. The smallest absolute Gasteiger partial charge is 0.0378 e. The van der Waals surface area contributed by atoms with Crippen molar-refractivity contribution >= 4 is 0 Å². The second kappa shape index (κ2) is 2.49. The highest BCUT2D eigenvalue weighted by Crippen LogP contribution is 2.68. The Hall–Kier alpha value is 0. The molecule has 0 aromatic rings. The topological polar surface area (TPSA) is 0 Å². The minimum Gasteiger partial charge on any atom is -0.324 e. The van der Waals surface area contributed by atoms with E-state index in [0.29, 0.717) is 5.41 Å². The van der Waals surface area contributed by atoms with Crippen molar-refractivity contribution in [3.8, 4) is 0 Å². The molecule has 2 fully saturated rings. The highest BCUT2D eigenvalue weighted by Gasteiger charge is 2.52. The van der Waals surface area contributed by atoms with E-state index in [4.69, 9.17) is 0 Å². The molecule has 2 rings (SSSR count). The molecule has 2 aliphatic carbocycles. The Morgan fingerprint density at radius 3 is 2.58 bits per heavy atom. The first kappa shape index (κ1) is 8.59. The van der Waals surface area contributed by atoms with E-state index in [0.717, 1.165) is 23.7 Å². The molecule has 0 radical (unpaired) electrons. The Balaban J connectivity index is 1.88. The van der Waals surface area contributed by atoms with Gasteiger partial charge in [0, 0.05) is 0 Å². The normalized spacial score (nSPS) is 53.5. The quantitative estimate of drug-likeness (QED) is 0.561. The fourth-order valence-corrected chi connectivity index (χ4v) is 2.81. The third kappa shape index (κ3) is 1.11. The second-order valence-electron chi connectivity index (χ2n) is 5.21. The fourth-order valence-electron chi connectivity index (χ4n) is 2.81. The molecule has 5 unspecified atom stereocenters. The second-order valence-corrected chi connectivity index (χ2v) is 5.21. The average Bonchev–Trinajstić information content (AvgIpc) is 2.88. The van der Waals surface area contributed by atoms with Gasteiger partial charge in [-0.05, 0) is 18.3 Å². The summed E-state index contributed by atoms with van der Waals surface area (Å²) in [6.07, 6.45) is 5.41. The van der Waals surface area contributed by atoms with Crippen LogP contribution in [0.1, 0.15) is 40.5 Å². The van der Waals surface area contributed by atoms with Crippen LogP contribution in [0, 0.1) is 35.5 Å². The number of hydrogen-bond donors (Lipinski definition) is 0. The Bertz CT molecular complexity index is 184. The van der Waals surface area contributed by atoms with Crippen LogP contribution in [-0.2, 0) is 0 Å². The van der Waals surface area contributed by atoms with E-state index in [1.807, 2.05) is 0 Å². The van der Waals surface area contributed by atoms with E-state index in [9.17, 15) is 0 Å². The van der Waals surface area contributed by atoms with Crippen LogP contribution in [0.3, 0.4) is 0 Å². The van der Waals surface area contributed by atoms with Gasteiger partial charge in [0.05, 0.1) is 0 Å². The Morgan fingerprint density at radius 2 is 2.17 bits per heavy atom. The van der Waals surface area contributed by atoms with E-state index in [1.165, 1.54) is 12.8 Å². The summed E-state index contributed by atoms with van der Waals surface area (Å²) in [5.74, 6) is 3.97. The van der Waals surface area contributed by atoms with Crippen molar-refractivity contribution < 1.29 is 0 Å². The summed E-state index contributed by atoms with van der Waals surface area (Å²) in [7, 11) is 0.